The van der Waals surface area contributed by atoms with Crippen molar-refractivity contribution in [1.29, 1.82) is 0 Å². The van der Waals surface area contributed by atoms with Gasteiger partial charge in [0, 0.05) is 17.7 Å². The zero-order chi connectivity index (χ0) is 12.5. The Morgan fingerprint density at radius 1 is 1.39 bits per heavy atom. The lowest BCUT2D eigenvalue weighted by molar-refractivity contribution is 0.0776. The van der Waals surface area contributed by atoms with E-state index >= 15 is 0 Å². The van der Waals surface area contributed by atoms with Crippen molar-refractivity contribution in [3.05, 3.63) is 23.8 Å². The van der Waals surface area contributed by atoms with E-state index in [0.717, 1.165) is 12.4 Å². The van der Waals surface area contributed by atoms with Gasteiger partial charge in [0.25, 0.3) is 0 Å². The Labute approximate surface area is 108 Å². The molecule has 98 valence electrons. The predicted molar refractivity (Wildman–Crippen MR) is 71.0 cm³/mol. The monoisotopic (exact) mass is 247 g/mol. The number of hydrogen-bond donors (Lipinski definition) is 1. The van der Waals surface area contributed by atoms with Gasteiger partial charge in [-0.05, 0) is 37.9 Å². The van der Waals surface area contributed by atoms with Crippen LogP contribution in [0.2, 0.25) is 0 Å². The van der Waals surface area contributed by atoms with Gasteiger partial charge in [0.05, 0.1) is 6.04 Å². The molecular formula is C15H21NO2. The van der Waals surface area contributed by atoms with E-state index in [2.05, 4.69) is 11.8 Å². The molecule has 1 aromatic rings. The van der Waals surface area contributed by atoms with Gasteiger partial charge in [0.1, 0.15) is 18.1 Å². The van der Waals surface area contributed by atoms with Crippen LogP contribution in [0.3, 0.4) is 0 Å². The average molecular weight is 247 g/mol. The Bertz CT molecular complexity index is 433. The summed E-state index contributed by atoms with van der Waals surface area (Å²) in [6.45, 7) is 4.18. The molecule has 2 heterocycles. The van der Waals surface area contributed by atoms with Crippen LogP contribution in [0.25, 0.3) is 0 Å². The van der Waals surface area contributed by atoms with E-state index in [1.807, 2.05) is 6.07 Å². The molecular weight excluding hydrogens is 226 g/mol. The van der Waals surface area contributed by atoms with E-state index in [1.54, 1.807) is 12.1 Å². The first-order valence-corrected chi connectivity index (χ1v) is 7.01. The molecule has 1 fully saturated rings. The van der Waals surface area contributed by atoms with E-state index in [1.165, 1.54) is 37.8 Å². The van der Waals surface area contributed by atoms with Gasteiger partial charge in [-0.3, -0.25) is 4.90 Å². The van der Waals surface area contributed by atoms with Crippen molar-refractivity contribution in [2.45, 2.75) is 44.7 Å². The first kappa shape index (κ1) is 11.8. The quantitative estimate of drug-likeness (QED) is 0.871. The second-order valence-corrected chi connectivity index (χ2v) is 5.34. The van der Waals surface area contributed by atoms with Crippen LogP contribution in [0.5, 0.6) is 11.5 Å². The minimum atomic E-state index is 0.292. The number of hydrogen-bond acceptors (Lipinski definition) is 3. The lowest BCUT2D eigenvalue weighted by Crippen LogP contribution is -2.42. The fourth-order valence-corrected chi connectivity index (χ4v) is 3.33. The van der Waals surface area contributed by atoms with Crippen LogP contribution in [-0.2, 0) is 0 Å². The molecule has 2 aliphatic rings. The first-order valence-electron chi connectivity index (χ1n) is 7.01. The van der Waals surface area contributed by atoms with Gasteiger partial charge in [0.2, 0.25) is 0 Å². The fourth-order valence-electron chi connectivity index (χ4n) is 3.33. The number of fused-ring (bicyclic) bond motifs is 1. The van der Waals surface area contributed by atoms with E-state index in [-0.39, 0.29) is 0 Å². The summed E-state index contributed by atoms with van der Waals surface area (Å²) < 4.78 is 5.74. The van der Waals surface area contributed by atoms with Crippen molar-refractivity contribution in [3.63, 3.8) is 0 Å². The SMILES string of the molecule is CCC1CCCCN1C1COc2cc(O)ccc21. The van der Waals surface area contributed by atoms with Crippen molar-refractivity contribution in [2.24, 2.45) is 0 Å². The van der Waals surface area contributed by atoms with Crippen LogP contribution in [-0.4, -0.2) is 29.2 Å². The summed E-state index contributed by atoms with van der Waals surface area (Å²) in [6, 6.07) is 6.59. The molecule has 3 heteroatoms. The zero-order valence-corrected chi connectivity index (χ0v) is 10.9. The fraction of sp³-hybridized carbons (Fsp3) is 0.600. The molecule has 3 nitrogen and oxygen atoms in total. The molecule has 1 saturated heterocycles. The molecule has 0 spiro atoms. The zero-order valence-electron chi connectivity index (χ0n) is 10.9. The van der Waals surface area contributed by atoms with Gasteiger partial charge in [-0.15, -0.1) is 0 Å². The third kappa shape index (κ3) is 1.97. The van der Waals surface area contributed by atoms with E-state index in [4.69, 9.17) is 4.74 Å². The minimum Gasteiger partial charge on any atom is -0.508 e. The molecule has 0 saturated carbocycles. The standard InChI is InChI=1S/C15H21NO2/c1-2-11-5-3-4-8-16(11)14-10-18-15-9-12(17)6-7-13(14)15/h6-7,9,11,14,17H,2-5,8,10H2,1H3. The Morgan fingerprint density at radius 2 is 2.28 bits per heavy atom. The van der Waals surface area contributed by atoms with Crippen molar-refractivity contribution < 1.29 is 9.84 Å². The summed E-state index contributed by atoms with van der Waals surface area (Å²) in [7, 11) is 0. The Morgan fingerprint density at radius 3 is 3.11 bits per heavy atom. The molecule has 1 aromatic carbocycles. The number of ether oxygens (including phenoxy) is 1. The molecule has 1 N–H and O–H groups in total. The second kappa shape index (κ2) is 4.81. The lowest BCUT2D eigenvalue weighted by Gasteiger charge is -2.39. The number of rotatable bonds is 2. The minimum absolute atomic E-state index is 0.292. The predicted octanol–water partition coefficient (Wildman–Crippen LogP) is 3.09. The molecule has 0 bridgehead atoms. The highest BCUT2D eigenvalue weighted by Gasteiger charge is 2.34. The molecule has 0 aliphatic carbocycles. The number of piperidine rings is 1. The first-order chi connectivity index (χ1) is 8.79. The van der Waals surface area contributed by atoms with Crippen molar-refractivity contribution in [2.75, 3.05) is 13.2 Å². The van der Waals surface area contributed by atoms with Gasteiger partial charge in [0.15, 0.2) is 0 Å². The number of likely N-dealkylation sites (tertiary alicyclic amines) is 1. The van der Waals surface area contributed by atoms with Gasteiger partial charge >= 0.3 is 0 Å². The molecule has 2 unspecified atom stereocenters. The van der Waals surface area contributed by atoms with Crippen LogP contribution >= 0.6 is 0 Å². The van der Waals surface area contributed by atoms with Gasteiger partial charge < -0.3 is 9.84 Å². The molecule has 2 atom stereocenters. The maximum absolute atomic E-state index is 9.50. The Kier molecular flexibility index (Phi) is 3.16. The third-order valence-electron chi connectivity index (χ3n) is 4.30. The summed E-state index contributed by atoms with van der Waals surface area (Å²) in [4.78, 5) is 2.60. The molecule has 0 radical (unpaired) electrons. The molecule has 18 heavy (non-hydrogen) atoms. The maximum Gasteiger partial charge on any atom is 0.127 e. The van der Waals surface area contributed by atoms with Crippen molar-refractivity contribution in [1.82, 2.24) is 4.90 Å². The number of aromatic hydroxyl groups is 1. The topological polar surface area (TPSA) is 32.7 Å². The van der Waals surface area contributed by atoms with Crippen LogP contribution in [0.4, 0.5) is 0 Å². The average Bonchev–Trinajstić information content (AvgIpc) is 2.81. The molecule has 2 aliphatic heterocycles. The van der Waals surface area contributed by atoms with Crippen molar-refractivity contribution in [3.8, 4) is 11.5 Å². The van der Waals surface area contributed by atoms with Crippen molar-refractivity contribution >= 4 is 0 Å². The highest BCUT2D eigenvalue weighted by Crippen LogP contribution is 2.40. The lowest BCUT2D eigenvalue weighted by atomic mass is 9.95. The summed E-state index contributed by atoms with van der Waals surface area (Å²) in [5.74, 6) is 1.15. The van der Waals surface area contributed by atoms with E-state index < -0.39 is 0 Å². The summed E-state index contributed by atoms with van der Waals surface area (Å²) in [6.07, 6.45) is 5.16. The van der Waals surface area contributed by atoms with Gasteiger partial charge in [-0.25, -0.2) is 0 Å². The second-order valence-electron chi connectivity index (χ2n) is 5.34. The molecule has 0 aromatic heterocycles. The van der Waals surface area contributed by atoms with E-state index in [0.29, 0.717) is 17.8 Å². The molecule has 3 rings (SSSR count). The third-order valence-corrected chi connectivity index (χ3v) is 4.30. The van der Waals surface area contributed by atoms with Crippen LogP contribution in [0, 0.1) is 0 Å². The Hall–Kier alpha value is -1.22. The van der Waals surface area contributed by atoms with Crippen LogP contribution in [0.15, 0.2) is 18.2 Å². The maximum atomic E-state index is 9.50. The number of benzene rings is 1. The number of phenolic OH excluding ortho intramolecular Hbond substituents is 1. The summed E-state index contributed by atoms with van der Waals surface area (Å²) in [5, 5.41) is 9.50. The number of nitrogens with zero attached hydrogens (tertiary/aromatic N) is 1. The number of phenols is 1. The normalized spacial score (nSPS) is 27.8. The highest BCUT2D eigenvalue weighted by atomic mass is 16.5. The van der Waals surface area contributed by atoms with Crippen LogP contribution < -0.4 is 4.74 Å². The van der Waals surface area contributed by atoms with E-state index in [9.17, 15) is 5.11 Å². The van der Waals surface area contributed by atoms with Gasteiger partial charge in [-0.2, -0.15) is 0 Å². The smallest absolute Gasteiger partial charge is 0.127 e. The Balaban J connectivity index is 1.86. The van der Waals surface area contributed by atoms with Crippen LogP contribution in [0.1, 0.15) is 44.2 Å². The largest absolute Gasteiger partial charge is 0.508 e. The summed E-state index contributed by atoms with van der Waals surface area (Å²) in [5.41, 5.74) is 1.24. The molecule has 0 amide bonds. The van der Waals surface area contributed by atoms with Gasteiger partial charge in [-0.1, -0.05) is 13.3 Å². The highest BCUT2D eigenvalue weighted by molar-refractivity contribution is 5.44. The summed E-state index contributed by atoms with van der Waals surface area (Å²) >= 11 is 0.